The second-order valence-electron chi connectivity index (χ2n) is 6.61. The number of piperazine rings is 1. The first kappa shape index (κ1) is 17.4. The van der Waals surface area contributed by atoms with Crippen LogP contribution < -0.4 is 5.56 Å². The summed E-state index contributed by atoms with van der Waals surface area (Å²) < 4.78 is 0. The normalized spacial score (nSPS) is 15.4. The first-order valence-electron chi connectivity index (χ1n) is 8.59. The van der Waals surface area contributed by atoms with Crippen molar-refractivity contribution in [2.24, 2.45) is 0 Å². The Morgan fingerprint density at radius 1 is 1.20 bits per heavy atom. The van der Waals surface area contributed by atoms with Gasteiger partial charge in [0.25, 0.3) is 5.56 Å². The predicted octanol–water partition coefficient (Wildman–Crippen LogP) is 1.72. The zero-order valence-corrected chi connectivity index (χ0v) is 15.0. The maximum absolute atomic E-state index is 12.0. The van der Waals surface area contributed by atoms with Crippen molar-refractivity contribution < 1.29 is 4.79 Å². The third kappa shape index (κ3) is 3.96. The van der Waals surface area contributed by atoms with E-state index in [4.69, 9.17) is 0 Å². The highest BCUT2D eigenvalue weighted by atomic mass is 16.2. The van der Waals surface area contributed by atoms with Crippen molar-refractivity contribution in [1.29, 1.82) is 0 Å². The number of rotatable bonds is 3. The third-order valence-electron chi connectivity index (χ3n) is 4.82. The highest BCUT2D eigenvalue weighted by Gasteiger charge is 2.18. The molecule has 1 amide bonds. The Hall–Kier alpha value is -2.47. The summed E-state index contributed by atoms with van der Waals surface area (Å²) in [6.45, 7) is 9.40. The fourth-order valence-corrected chi connectivity index (χ4v) is 3.08. The number of nitrogens with one attached hydrogen (secondary N) is 1. The van der Waals surface area contributed by atoms with Gasteiger partial charge in [-0.3, -0.25) is 14.5 Å². The number of aryl methyl sites for hydroxylation is 1. The van der Waals surface area contributed by atoms with Gasteiger partial charge in [0.05, 0.1) is 0 Å². The van der Waals surface area contributed by atoms with Crippen LogP contribution in [0.1, 0.15) is 23.7 Å². The lowest BCUT2D eigenvalue weighted by molar-refractivity contribution is -0.130. The molecule has 25 heavy (non-hydrogen) atoms. The van der Waals surface area contributed by atoms with Gasteiger partial charge in [0.1, 0.15) is 5.82 Å². The molecule has 6 nitrogen and oxygen atoms in total. The van der Waals surface area contributed by atoms with Gasteiger partial charge in [-0.1, -0.05) is 18.2 Å². The zero-order valence-electron chi connectivity index (χ0n) is 15.0. The molecular formula is C19H24N4O2. The fourth-order valence-electron chi connectivity index (χ4n) is 3.08. The van der Waals surface area contributed by atoms with Gasteiger partial charge in [0, 0.05) is 56.5 Å². The van der Waals surface area contributed by atoms with Crippen LogP contribution in [0.4, 0.5) is 0 Å². The number of hydrogen-bond acceptors (Lipinski definition) is 4. The van der Waals surface area contributed by atoms with E-state index in [1.165, 1.54) is 5.56 Å². The van der Waals surface area contributed by atoms with Crippen LogP contribution in [0.15, 0.2) is 29.1 Å². The van der Waals surface area contributed by atoms with Crippen LogP contribution in [-0.2, 0) is 11.3 Å². The Labute approximate surface area is 147 Å². The number of benzene rings is 1. The number of hydrogen-bond donors (Lipinski definition) is 1. The molecule has 0 saturated carbocycles. The first-order chi connectivity index (χ1) is 11.9. The molecule has 0 unspecified atom stereocenters. The summed E-state index contributed by atoms with van der Waals surface area (Å²) in [5.74, 6) is 0.753. The molecule has 132 valence electrons. The maximum Gasteiger partial charge on any atom is 0.254 e. The monoisotopic (exact) mass is 340 g/mol. The maximum atomic E-state index is 12.0. The lowest BCUT2D eigenvalue weighted by Gasteiger charge is -2.34. The summed E-state index contributed by atoms with van der Waals surface area (Å²) in [7, 11) is 0. The molecule has 1 aromatic heterocycles. The minimum atomic E-state index is -0.0896. The summed E-state index contributed by atoms with van der Waals surface area (Å²) >= 11 is 0. The van der Waals surface area contributed by atoms with E-state index in [2.05, 4.69) is 27.0 Å². The van der Waals surface area contributed by atoms with Gasteiger partial charge in [0.15, 0.2) is 0 Å². The molecule has 1 saturated heterocycles. The fraction of sp³-hybridized carbons (Fsp3) is 0.421. The standard InChI is InChI=1S/C19H24N4O2/c1-13-14(2)20-18(21-19(13)25)17-6-4-5-16(11-17)12-22-7-9-23(10-8-22)15(3)24/h4-6,11H,7-10,12H2,1-3H3,(H,20,21,25). The molecule has 2 heterocycles. The number of amides is 1. The summed E-state index contributed by atoms with van der Waals surface area (Å²) in [5.41, 5.74) is 3.41. The number of carbonyl (C=O) groups excluding carboxylic acids is 1. The Morgan fingerprint density at radius 3 is 2.56 bits per heavy atom. The van der Waals surface area contributed by atoms with Gasteiger partial charge in [-0.2, -0.15) is 0 Å². The molecule has 0 bridgehead atoms. The van der Waals surface area contributed by atoms with E-state index in [0.717, 1.165) is 44.0 Å². The number of nitrogens with zero attached hydrogens (tertiary/aromatic N) is 3. The Balaban J connectivity index is 1.74. The summed E-state index contributed by atoms with van der Waals surface area (Å²) in [6.07, 6.45) is 0. The van der Waals surface area contributed by atoms with Gasteiger partial charge in [-0.25, -0.2) is 4.98 Å². The summed E-state index contributed by atoms with van der Waals surface area (Å²) in [6, 6.07) is 8.11. The lowest BCUT2D eigenvalue weighted by atomic mass is 10.1. The zero-order chi connectivity index (χ0) is 18.0. The Bertz CT molecular complexity index is 836. The van der Waals surface area contributed by atoms with Crippen LogP contribution in [-0.4, -0.2) is 51.9 Å². The summed E-state index contributed by atoms with van der Waals surface area (Å²) in [5, 5.41) is 0. The van der Waals surface area contributed by atoms with Crippen molar-refractivity contribution in [3.8, 4) is 11.4 Å². The molecule has 0 aliphatic carbocycles. The highest BCUT2D eigenvalue weighted by molar-refractivity contribution is 5.73. The molecule has 6 heteroatoms. The number of carbonyl (C=O) groups is 1. The highest BCUT2D eigenvalue weighted by Crippen LogP contribution is 2.18. The smallest absolute Gasteiger partial charge is 0.254 e. The molecule has 2 aromatic rings. The van der Waals surface area contributed by atoms with Crippen LogP contribution in [0, 0.1) is 13.8 Å². The molecule has 0 spiro atoms. The van der Waals surface area contributed by atoms with Crippen LogP contribution >= 0.6 is 0 Å². The quantitative estimate of drug-likeness (QED) is 0.924. The second kappa shape index (κ2) is 7.19. The molecule has 3 rings (SSSR count). The van der Waals surface area contributed by atoms with Crippen LogP contribution in [0.25, 0.3) is 11.4 Å². The van der Waals surface area contributed by atoms with Crippen LogP contribution in [0.2, 0.25) is 0 Å². The average Bonchev–Trinajstić information content (AvgIpc) is 2.60. The molecular weight excluding hydrogens is 316 g/mol. The molecule has 1 N–H and O–H groups in total. The molecule has 0 radical (unpaired) electrons. The lowest BCUT2D eigenvalue weighted by Crippen LogP contribution is -2.47. The van der Waals surface area contributed by atoms with Crippen molar-refractivity contribution in [2.75, 3.05) is 26.2 Å². The molecule has 1 aromatic carbocycles. The van der Waals surface area contributed by atoms with Gasteiger partial charge >= 0.3 is 0 Å². The van der Waals surface area contributed by atoms with E-state index in [9.17, 15) is 9.59 Å². The molecule has 0 atom stereocenters. The van der Waals surface area contributed by atoms with Crippen molar-refractivity contribution in [2.45, 2.75) is 27.3 Å². The van der Waals surface area contributed by atoms with Crippen molar-refractivity contribution in [3.05, 3.63) is 51.4 Å². The number of H-pyrrole nitrogens is 1. The number of aromatic nitrogens is 2. The van der Waals surface area contributed by atoms with Gasteiger partial charge < -0.3 is 9.88 Å². The van der Waals surface area contributed by atoms with Crippen molar-refractivity contribution >= 4 is 5.91 Å². The average molecular weight is 340 g/mol. The van der Waals surface area contributed by atoms with E-state index < -0.39 is 0 Å². The minimum absolute atomic E-state index is 0.0896. The number of aromatic amines is 1. The Kier molecular flexibility index (Phi) is 4.99. The SMILES string of the molecule is CC(=O)N1CCN(Cc2cccc(-c3nc(C)c(C)c(=O)[nH]3)c2)CC1. The molecule has 1 fully saturated rings. The van der Waals surface area contributed by atoms with E-state index >= 15 is 0 Å². The first-order valence-corrected chi connectivity index (χ1v) is 8.59. The van der Waals surface area contributed by atoms with E-state index in [0.29, 0.717) is 11.4 Å². The topological polar surface area (TPSA) is 69.3 Å². The molecule has 1 aliphatic rings. The van der Waals surface area contributed by atoms with Crippen molar-refractivity contribution in [3.63, 3.8) is 0 Å². The Morgan fingerprint density at radius 2 is 1.92 bits per heavy atom. The second-order valence-corrected chi connectivity index (χ2v) is 6.61. The molecule has 1 aliphatic heterocycles. The van der Waals surface area contributed by atoms with E-state index in [-0.39, 0.29) is 11.5 Å². The van der Waals surface area contributed by atoms with Gasteiger partial charge in [-0.05, 0) is 25.5 Å². The van der Waals surface area contributed by atoms with E-state index in [1.54, 1.807) is 13.8 Å². The van der Waals surface area contributed by atoms with Crippen molar-refractivity contribution in [1.82, 2.24) is 19.8 Å². The minimum Gasteiger partial charge on any atom is -0.340 e. The van der Waals surface area contributed by atoms with Crippen LogP contribution in [0.3, 0.4) is 0 Å². The summed E-state index contributed by atoms with van der Waals surface area (Å²) in [4.78, 5) is 35.0. The van der Waals surface area contributed by atoms with Gasteiger partial charge in [0.2, 0.25) is 5.91 Å². The van der Waals surface area contributed by atoms with Gasteiger partial charge in [-0.15, -0.1) is 0 Å². The predicted molar refractivity (Wildman–Crippen MR) is 97.3 cm³/mol. The van der Waals surface area contributed by atoms with Crippen LogP contribution in [0.5, 0.6) is 0 Å². The third-order valence-corrected chi connectivity index (χ3v) is 4.82. The van der Waals surface area contributed by atoms with E-state index in [1.807, 2.05) is 24.0 Å². The largest absolute Gasteiger partial charge is 0.340 e.